The molecule has 3 aliphatic carbocycles. The predicted molar refractivity (Wildman–Crippen MR) is 148 cm³/mol. The number of hydrogen-bond acceptors (Lipinski definition) is 8. The van der Waals surface area contributed by atoms with Gasteiger partial charge in [0, 0.05) is 28.7 Å². The quantitative estimate of drug-likeness (QED) is 0.209. The van der Waals surface area contributed by atoms with Crippen molar-refractivity contribution in [2.75, 3.05) is 12.0 Å². The number of ketones is 2. The van der Waals surface area contributed by atoms with E-state index < -0.39 is 42.6 Å². The number of imide groups is 1. The molecule has 0 unspecified atom stereocenters. The fraction of sp³-hybridized carbons (Fsp3) is 0.241. The van der Waals surface area contributed by atoms with E-state index in [1.165, 1.54) is 37.5 Å². The standard InChI is InChI=1S/C29H23BBrNO8/c1-40-15-5-8-22(33)19(10-15)24-16-6-7-17-25(18(16)11-20-26(24)23(34)12-21(31)27(20)35)29(37)32(28(17)36)14-4-2-3-13(9-14)30(38)39/h2-6,8-10,12,17-18,24-25,33,38-39H,7,11H2,1H3/t17-,18+,24+,25-/m0/s1. The van der Waals surface area contributed by atoms with E-state index in [0.717, 1.165) is 4.90 Å². The minimum Gasteiger partial charge on any atom is -0.508 e. The Kier molecular flexibility index (Phi) is 6.40. The number of halogens is 1. The van der Waals surface area contributed by atoms with Crippen molar-refractivity contribution in [1.29, 1.82) is 0 Å². The monoisotopic (exact) mass is 603 g/mol. The van der Waals surface area contributed by atoms with Crippen LogP contribution in [0.25, 0.3) is 0 Å². The molecule has 6 rings (SSSR count). The number of allylic oxidation sites excluding steroid dienone is 6. The van der Waals surface area contributed by atoms with E-state index in [1.807, 2.05) is 6.08 Å². The van der Waals surface area contributed by atoms with Crippen LogP contribution in [0.3, 0.4) is 0 Å². The third-order valence-electron chi connectivity index (χ3n) is 8.30. The minimum atomic E-state index is -1.77. The molecule has 0 aromatic heterocycles. The first kappa shape index (κ1) is 26.4. The average molecular weight is 604 g/mol. The van der Waals surface area contributed by atoms with Gasteiger partial charge in [-0.05, 0) is 70.5 Å². The van der Waals surface area contributed by atoms with Crippen LogP contribution in [0, 0.1) is 17.8 Å². The maximum absolute atomic E-state index is 14.0. The maximum Gasteiger partial charge on any atom is 0.488 e. The molecule has 0 radical (unpaired) electrons. The smallest absolute Gasteiger partial charge is 0.488 e. The van der Waals surface area contributed by atoms with Crippen LogP contribution >= 0.6 is 15.9 Å². The van der Waals surface area contributed by atoms with Crippen molar-refractivity contribution < 1.29 is 39.1 Å². The summed E-state index contributed by atoms with van der Waals surface area (Å²) in [7, 11) is -0.295. The number of ether oxygens (including phenoxy) is 1. The Balaban J connectivity index is 1.49. The number of anilines is 1. The summed E-state index contributed by atoms with van der Waals surface area (Å²) < 4.78 is 5.48. The van der Waals surface area contributed by atoms with Gasteiger partial charge in [-0.25, -0.2) is 0 Å². The number of benzene rings is 2. The van der Waals surface area contributed by atoms with Gasteiger partial charge in [0.15, 0.2) is 11.6 Å². The summed E-state index contributed by atoms with van der Waals surface area (Å²) in [6.07, 6.45) is 3.39. The molecule has 1 heterocycles. The first-order valence-electron chi connectivity index (χ1n) is 12.7. The van der Waals surface area contributed by atoms with E-state index in [-0.39, 0.29) is 56.9 Å². The summed E-state index contributed by atoms with van der Waals surface area (Å²) in [5.74, 6) is -4.18. The van der Waals surface area contributed by atoms with Gasteiger partial charge >= 0.3 is 7.12 Å². The average Bonchev–Trinajstić information content (AvgIpc) is 3.20. The van der Waals surface area contributed by atoms with Crippen LogP contribution in [-0.4, -0.2) is 52.8 Å². The highest BCUT2D eigenvalue weighted by Crippen LogP contribution is 2.56. The number of phenolic OH excluding ortho intramolecular Hbond substituents is 1. The van der Waals surface area contributed by atoms with Crippen molar-refractivity contribution in [2.45, 2.75) is 18.8 Å². The van der Waals surface area contributed by atoms with Gasteiger partial charge in [-0.15, -0.1) is 0 Å². The van der Waals surface area contributed by atoms with Gasteiger partial charge in [0.05, 0.1) is 29.1 Å². The lowest BCUT2D eigenvalue weighted by molar-refractivity contribution is -0.123. The van der Waals surface area contributed by atoms with Crippen LogP contribution in [0.4, 0.5) is 5.69 Å². The van der Waals surface area contributed by atoms with Gasteiger partial charge in [0.2, 0.25) is 11.8 Å². The lowest BCUT2D eigenvalue weighted by Gasteiger charge is -2.42. The largest absolute Gasteiger partial charge is 0.508 e. The second kappa shape index (κ2) is 9.69. The highest BCUT2D eigenvalue weighted by Gasteiger charge is 2.57. The molecule has 0 spiro atoms. The third kappa shape index (κ3) is 3.91. The molecule has 2 aromatic carbocycles. The number of aromatic hydroxyl groups is 1. The van der Waals surface area contributed by atoms with E-state index in [9.17, 15) is 34.3 Å². The van der Waals surface area contributed by atoms with Crippen LogP contribution in [0.1, 0.15) is 24.3 Å². The van der Waals surface area contributed by atoms with Crippen molar-refractivity contribution in [2.24, 2.45) is 17.8 Å². The number of carbonyl (C=O) groups excluding carboxylic acids is 4. The molecule has 4 atom stereocenters. The molecule has 9 nitrogen and oxygen atoms in total. The Labute approximate surface area is 237 Å². The Morgan fingerprint density at radius 1 is 1.02 bits per heavy atom. The van der Waals surface area contributed by atoms with E-state index >= 15 is 0 Å². The van der Waals surface area contributed by atoms with Crippen LogP contribution in [0.2, 0.25) is 0 Å². The number of fused-ring (bicyclic) bond motifs is 3. The first-order chi connectivity index (χ1) is 19.1. The zero-order valence-electron chi connectivity index (χ0n) is 21.2. The van der Waals surface area contributed by atoms with Crippen molar-refractivity contribution in [3.05, 3.63) is 81.4 Å². The summed E-state index contributed by atoms with van der Waals surface area (Å²) >= 11 is 3.20. The van der Waals surface area contributed by atoms with Crippen LogP contribution in [0.5, 0.6) is 11.5 Å². The normalized spacial score (nSPS) is 25.8. The molecule has 2 amide bonds. The molecule has 0 saturated carbocycles. The summed E-state index contributed by atoms with van der Waals surface area (Å²) in [5.41, 5.74) is 1.92. The molecule has 11 heteroatoms. The van der Waals surface area contributed by atoms with Gasteiger partial charge < -0.3 is 19.9 Å². The number of hydrogen-bond donors (Lipinski definition) is 3. The molecule has 40 heavy (non-hydrogen) atoms. The molecule has 1 saturated heterocycles. The van der Waals surface area contributed by atoms with Gasteiger partial charge in [0.25, 0.3) is 0 Å². The van der Waals surface area contributed by atoms with Crippen molar-refractivity contribution in [3.8, 4) is 11.5 Å². The predicted octanol–water partition coefficient (Wildman–Crippen LogP) is 2.05. The number of phenols is 1. The highest BCUT2D eigenvalue weighted by atomic mass is 79.9. The van der Waals surface area contributed by atoms with Crippen LogP contribution in [-0.2, 0) is 19.2 Å². The Hall–Kier alpha value is -3.80. The zero-order chi connectivity index (χ0) is 28.5. The first-order valence-corrected chi connectivity index (χ1v) is 13.5. The van der Waals surface area contributed by atoms with Crippen molar-refractivity contribution >= 4 is 57.6 Å². The topological polar surface area (TPSA) is 141 Å². The lowest BCUT2D eigenvalue weighted by atomic mass is 9.59. The number of methoxy groups -OCH3 is 1. The molecule has 1 fully saturated rings. The van der Waals surface area contributed by atoms with Crippen LogP contribution in [0.15, 0.2) is 75.8 Å². The minimum absolute atomic E-state index is 0.0827. The Morgan fingerprint density at radius 2 is 1.80 bits per heavy atom. The summed E-state index contributed by atoms with van der Waals surface area (Å²) in [4.78, 5) is 55.3. The number of Topliss-reactive ketones (excluding diaryl/α,β-unsaturated/α-hetero) is 1. The van der Waals surface area contributed by atoms with E-state index in [0.29, 0.717) is 16.9 Å². The molecule has 3 N–H and O–H groups in total. The lowest BCUT2D eigenvalue weighted by Crippen LogP contribution is -2.39. The molecule has 4 aliphatic rings. The summed E-state index contributed by atoms with van der Waals surface area (Å²) in [6, 6.07) is 10.6. The van der Waals surface area contributed by atoms with E-state index in [1.54, 1.807) is 18.2 Å². The summed E-state index contributed by atoms with van der Waals surface area (Å²) in [6.45, 7) is 0. The molecule has 1 aliphatic heterocycles. The Morgan fingerprint density at radius 3 is 2.52 bits per heavy atom. The molecule has 0 bridgehead atoms. The van der Waals surface area contributed by atoms with Gasteiger partial charge in [-0.2, -0.15) is 0 Å². The molecule has 202 valence electrons. The van der Waals surface area contributed by atoms with Crippen molar-refractivity contribution in [3.63, 3.8) is 0 Å². The van der Waals surface area contributed by atoms with Crippen molar-refractivity contribution in [1.82, 2.24) is 0 Å². The fourth-order valence-electron chi connectivity index (χ4n) is 6.53. The van der Waals surface area contributed by atoms with E-state index in [2.05, 4.69) is 15.9 Å². The second-order valence-corrected chi connectivity index (χ2v) is 11.2. The maximum atomic E-state index is 14.0. The van der Waals surface area contributed by atoms with Gasteiger partial charge in [-0.1, -0.05) is 23.8 Å². The van der Waals surface area contributed by atoms with E-state index in [4.69, 9.17) is 4.74 Å². The second-order valence-electron chi connectivity index (χ2n) is 10.3. The van der Waals surface area contributed by atoms with Gasteiger partial charge in [-0.3, -0.25) is 24.1 Å². The molecular formula is C29H23BBrNO8. The summed E-state index contributed by atoms with van der Waals surface area (Å²) in [5, 5.41) is 30.1. The van der Waals surface area contributed by atoms with Gasteiger partial charge in [0.1, 0.15) is 11.5 Å². The number of carbonyl (C=O) groups is 4. The number of rotatable bonds is 4. The highest BCUT2D eigenvalue weighted by molar-refractivity contribution is 9.12. The number of nitrogens with zero attached hydrogens (tertiary/aromatic N) is 1. The number of amides is 2. The zero-order valence-corrected chi connectivity index (χ0v) is 22.8. The Bertz CT molecular complexity index is 1610. The fourth-order valence-corrected chi connectivity index (χ4v) is 6.98. The molecule has 2 aromatic rings. The third-order valence-corrected chi connectivity index (χ3v) is 8.89. The van der Waals surface area contributed by atoms with Crippen LogP contribution < -0.4 is 15.1 Å². The molecular weight excluding hydrogens is 581 g/mol. The SMILES string of the molecule is COc1ccc(O)c([C@H]2C3=CC[C@@H]4C(=O)N(c5cccc(B(O)O)c5)C(=O)[C@@H]4[C@@H]3CC3=C2C(=O)C=C(Br)C3=O)c1.